The SMILES string of the molecule is COc1ccc(CC(=O)NNC(=O)COc2ccccc2Cc2ccccc2)cc1. The lowest BCUT2D eigenvalue weighted by atomic mass is 10.0. The first-order valence-electron chi connectivity index (χ1n) is 9.59. The molecule has 0 saturated heterocycles. The molecule has 0 aromatic heterocycles. The third kappa shape index (κ3) is 6.38. The van der Waals surface area contributed by atoms with Crippen molar-refractivity contribution < 1.29 is 19.1 Å². The molecule has 3 rings (SSSR count). The maximum Gasteiger partial charge on any atom is 0.276 e. The maximum absolute atomic E-state index is 12.1. The number of benzene rings is 3. The van der Waals surface area contributed by atoms with Crippen LogP contribution in [0.5, 0.6) is 11.5 Å². The van der Waals surface area contributed by atoms with E-state index < -0.39 is 5.91 Å². The van der Waals surface area contributed by atoms with Gasteiger partial charge in [-0.1, -0.05) is 60.7 Å². The Labute approximate surface area is 175 Å². The van der Waals surface area contributed by atoms with E-state index in [9.17, 15) is 9.59 Å². The molecule has 0 aliphatic rings. The molecule has 2 N–H and O–H groups in total. The molecule has 6 heteroatoms. The number of hydrazine groups is 1. The standard InChI is InChI=1S/C24H24N2O4/c1-29-21-13-11-19(12-14-21)16-23(27)25-26-24(28)17-30-22-10-6-5-9-20(22)15-18-7-3-2-4-8-18/h2-14H,15-17H2,1H3,(H,25,27)(H,26,28). The average Bonchev–Trinajstić information content (AvgIpc) is 2.78. The molecule has 6 nitrogen and oxygen atoms in total. The number of carbonyl (C=O) groups is 2. The second kappa shape index (κ2) is 10.7. The van der Waals surface area contributed by atoms with Gasteiger partial charge in [0.15, 0.2) is 6.61 Å². The Bertz CT molecular complexity index is 972. The van der Waals surface area contributed by atoms with Crippen LogP contribution in [0.2, 0.25) is 0 Å². The highest BCUT2D eigenvalue weighted by molar-refractivity contribution is 5.83. The van der Waals surface area contributed by atoms with Crippen LogP contribution in [0.3, 0.4) is 0 Å². The minimum Gasteiger partial charge on any atom is -0.497 e. The molecule has 0 aliphatic heterocycles. The van der Waals surface area contributed by atoms with Gasteiger partial charge < -0.3 is 9.47 Å². The number of methoxy groups -OCH3 is 1. The lowest BCUT2D eigenvalue weighted by Crippen LogP contribution is -2.44. The first-order chi connectivity index (χ1) is 14.6. The molecule has 0 atom stereocenters. The van der Waals surface area contributed by atoms with Crippen molar-refractivity contribution >= 4 is 11.8 Å². The Balaban J connectivity index is 1.46. The van der Waals surface area contributed by atoms with E-state index in [1.165, 1.54) is 0 Å². The number of hydrogen-bond acceptors (Lipinski definition) is 4. The van der Waals surface area contributed by atoms with Crippen LogP contribution in [0.4, 0.5) is 0 Å². The van der Waals surface area contributed by atoms with Crippen molar-refractivity contribution in [2.45, 2.75) is 12.8 Å². The summed E-state index contributed by atoms with van der Waals surface area (Å²) in [4.78, 5) is 24.1. The molecular formula is C24H24N2O4. The summed E-state index contributed by atoms with van der Waals surface area (Å²) < 4.78 is 10.8. The zero-order chi connectivity index (χ0) is 21.2. The number of amides is 2. The largest absolute Gasteiger partial charge is 0.497 e. The fraction of sp³-hybridized carbons (Fsp3) is 0.167. The summed E-state index contributed by atoms with van der Waals surface area (Å²) in [5.41, 5.74) is 7.73. The van der Waals surface area contributed by atoms with Crippen LogP contribution in [0.25, 0.3) is 0 Å². The molecule has 3 aromatic carbocycles. The Morgan fingerprint density at radius 3 is 2.17 bits per heavy atom. The predicted octanol–water partition coefficient (Wildman–Crippen LogP) is 3.05. The summed E-state index contributed by atoms with van der Waals surface area (Å²) in [7, 11) is 1.58. The minimum atomic E-state index is -0.437. The van der Waals surface area contributed by atoms with Crippen molar-refractivity contribution in [1.82, 2.24) is 10.9 Å². The van der Waals surface area contributed by atoms with Crippen molar-refractivity contribution in [1.29, 1.82) is 0 Å². The van der Waals surface area contributed by atoms with Gasteiger partial charge in [-0.15, -0.1) is 0 Å². The van der Waals surface area contributed by atoms with E-state index in [0.717, 1.165) is 22.4 Å². The van der Waals surface area contributed by atoms with E-state index in [0.29, 0.717) is 12.2 Å². The van der Waals surface area contributed by atoms with Crippen molar-refractivity contribution in [3.8, 4) is 11.5 Å². The van der Waals surface area contributed by atoms with Crippen LogP contribution in [-0.4, -0.2) is 25.5 Å². The van der Waals surface area contributed by atoms with Crippen LogP contribution in [-0.2, 0) is 22.4 Å². The highest BCUT2D eigenvalue weighted by atomic mass is 16.5. The molecule has 0 fully saturated rings. The number of hydrogen-bond donors (Lipinski definition) is 2. The third-order valence-corrected chi connectivity index (χ3v) is 4.43. The van der Waals surface area contributed by atoms with Crippen LogP contribution in [0, 0.1) is 0 Å². The molecule has 0 spiro atoms. The Morgan fingerprint density at radius 2 is 1.43 bits per heavy atom. The van der Waals surface area contributed by atoms with Gasteiger partial charge >= 0.3 is 0 Å². The second-order valence-corrected chi connectivity index (χ2v) is 6.68. The van der Waals surface area contributed by atoms with E-state index in [2.05, 4.69) is 10.9 Å². The van der Waals surface area contributed by atoms with Crippen LogP contribution in [0.1, 0.15) is 16.7 Å². The van der Waals surface area contributed by atoms with Crippen LogP contribution in [0.15, 0.2) is 78.9 Å². The summed E-state index contributed by atoms with van der Waals surface area (Å²) in [6.07, 6.45) is 0.849. The molecule has 0 heterocycles. The zero-order valence-corrected chi connectivity index (χ0v) is 16.8. The second-order valence-electron chi connectivity index (χ2n) is 6.68. The Morgan fingerprint density at radius 1 is 0.767 bits per heavy atom. The molecule has 0 saturated carbocycles. The number of nitrogens with one attached hydrogen (secondary N) is 2. The van der Waals surface area contributed by atoms with Crippen molar-refractivity contribution in [3.05, 3.63) is 95.6 Å². The lowest BCUT2D eigenvalue weighted by Gasteiger charge is -2.12. The molecule has 0 aliphatic carbocycles. The fourth-order valence-corrected chi connectivity index (χ4v) is 2.90. The summed E-state index contributed by atoms with van der Waals surface area (Å²) in [5, 5.41) is 0. The smallest absolute Gasteiger partial charge is 0.276 e. The number of ether oxygens (including phenoxy) is 2. The third-order valence-electron chi connectivity index (χ3n) is 4.43. The fourth-order valence-electron chi connectivity index (χ4n) is 2.90. The topological polar surface area (TPSA) is 76.7 Å². The molecule has 2 amide bonds. The highest BCUT2D eigenvalue weighted by Crippen LogP contribution is 2.21. The van der Waals surface area contributed by atoms with E-state index in [1.54, 1.807) is 31.4 Å². The van der Waals surface area contributed by atoms with Gasteiger partial charge in [-0.3, -0.25) is 20.4 Å². The summed E-state index contributed by atoms with van der Waals surface area (Å²) in [5.74, 6) is 0.601. The number of carbonyl (C=O) groups excluding carboxylic acids is 2. The molecule has 0 unspecified atom stereocenters. The number of rotatable bonds is 8. The predicted molar refractivity (Wildman–Crippen MR) is 114 cm³/mol. The molecule has 154 valence electrons. The molecule has 3 aromatic rings. The summed E-state index contributed by atoms with van der Waals surface area (Å²) in [6.45, 7) is -0.200. The van der Waals surface area contributed by atoms with Gasteiger partial charge in [-0.25, -0.2) is 0 Å². The van der Waals surface area contributed by atoms with Crippen molar-refractivity contribution in [2.75, 3.05) is 13.7 Å². The van der Waals surface area contributed by atoms with Gasteiger partial charge in [0.05, 0.1) is 13.5 Å². The molecular weight excluding hydrogens is 380 g/mol. The Hall–Kier alpha value is -3.80. The summed E-state index contributed by atoms with van der Waals surface area (Å²) >= 11 is 0. The molecule has 0 bridgehead atoms. The highest BCUT2D eigenvalue weighted by Gasteiger charge is 2.09. The number of para-hydroxylation sites is 1. The van der Waals surface area contributed by atoms with Gasteiger partial charge in [0.25, 0.3) is 5.91 Å². The maximum atomic E-state index is 12.1. The van der Waals surface area contributed by atoms with E-state index >= 15 is 0 Å². The van der Waals surface area contributed by atoms with Crippen molar-refractivity contribution in [2.24, 2.45) is 0 Å². The van der Waals surface area contributed by atoms with Gasteiger partial charge in [-0.05, 0) is 34.9 Å². The first kappa shape index (κ1) is 20.9. The average molecular weight is 404 g/mol. The van der Waals surface area contributed by atoms with Gasteiger partial charge in [0.1, 0.15) is 11.5 Å². The van der Waals surface area contributed by atoms with Crippen LogP contribution >= 0.6 is 0 Å². The minimum absolute atomic E-state index is 0.144. The lowest BCUT2D eigenvalue weighted by molar-refractivity contribution is -0.129. The van der Waals surface area contributed by atoms with E-state index in [4.69, 9.17) is 9.47 Å². The zero-order valence-electron chi connectivity index (χ0n) is 16.8. The summed E-state index contributed by atoms with van der Waals surface area (Å²) in [6, 6.07) is 24.8. The normalized spacial score (nSPS) is 10.2. The van der Waals surface area contributed by atoms with Crippen LogP contribution < -0.4 is 20.3 Å². The monoisotopic (exact) mass is 404 g/mol. The van der Waals surface area contributed by atoms with Gasteiger partial charge in [0.2, 0.25) is 5.91 Å². The molecule has 30 heavy (non-hydrogen) atoms. The van der Waals surface area contributed by atoms with Gasteiger partial charge in [0, 0.05) is 6.42 Å². The molecule has 0 radical (unpaired) electrons. The van der Waals surface area contributed by atoms with E-state index in [-0.39, 0.29) is 18.9 Å². The quantitative estimate of drug-likeness (QED) is 0.566. The van der Waals surface area contributed by atoms with E-state index in [1.807, 2.05) is 54.6 Å². The van der Waals surface area contributed by atoms with Gasteiger partial charge in [-0.2, -0.15) is 0 Å². The Kier molecular flexibility index (Phi) is 7.44. The first-order valence-corrected chi connectivity index (χ1v) is 9.59. The van der Waals surface area contributed by atoms with Crippen molar-refractivity contribution in [3.63, 3.8) is 0 Å².